The molecule has 0 radical (unpaired) electrons. The molecule has 7 nitrogen and oxygen atoms in total. The number of methoxy groups -OCH3 is 1. The zero-order valence-electron chi connectivity index (χ0n) is 9.21. The first-order chi connectivity index (χ1) is 8.11. The Hall–Kier alpha value is -2.44. The highest BCUT2D eigenvalue weighted by Crippen LogP contribution is 2.31. The van der Waals surface area contributed by atoms with Gasteiger partial charge in [0.25, 0.3) is 5.89 Å². The van der Waals surface area contributed by atoms with Gasteiger partial charge in [-0.25, -0.2) is 0 Å². The molecule has 0 aliphatic heterocycles. The van der Waals surface area contributed by atoms with Crippen LogP contribution in [0.3, 0.4) is 0 Å². The Kier molecular flexibility index (Phi) is 2.73. The molecule has 0 saturated heterocycles. The van der Waals surface area contributed by atoms with Gasteiger partial charge in [0.2, 0.25) is 0 Å². The van der Waals surface area contributed by atoms with Crippen LogP contribution >= 0.6 is 0 Å². The first kappa shape index (κ1) is 11.1. The lowest BCUT2D eigenvalue weighted by atomic mass is 10.2. The van der Waals surface area contributed by atoms with Crippen LogP contribution in [0.15, 0.2) is 22.7 Å². The number of hydrogen-bond acceptors (Lipinski definition) is 6. The van der Waals surface area contributed by atoms with Gasteiger partial charge >= 0.3 is 5.69 Å². The molecule has 88 valence electrons. The van der Waals surface area contributed by atoms with Crippen molar-refractivity contribution in [3.63, 3.8) is 0 Å². The molecule has 0 amide bonds. The predicted octanol–water partition coefficient (Wildman–Crippen LogP) is 1.96. The average Bonchev–Trinajstić information content (AvgIpc) is 2.75. The minimum Gasteiger partial charge on any atom is -0.490 e. The van der Waals surface area contributed by atoms with Crippen molar-refractivity contribution in [3.8, 4) is 17.2 Å². The van der Waals surface area contributed by atoms with Crippen LogP contribution in [0.25, 0.3) is 11.5 Å². The van der Waals surface area contributed by atoms with E-state index in [1.54, 1.807) is 6.92 Å². The van der Waals surface area contributed by atoms with Crippen molar-refractivity contribution in [2.24, 2.45) is 0 Å². The van der Waals surface area contributed by atoms with E-state index in [-0.39, 0.29) is 11.4 Å². The molecule has 0 fully saturated rings. The molecule has 2 rings (SSSR count). The number of aromatic nitrogens is 2. The van der Waals surface area contributed by atoms with Crippen LogP contribution in [0.2, 0.25) is 0 Å². The summed E-state index contributed by atoms with van der Waals surface area (Å²) in [6.45, 7) is 1.69. The van der Waals surface area contributed by atoms with Crippen LogP contribution in [0.1, 0.15) is 5.82 Å². The largest absolute Gasteiger partial charge is 0.490 e. The molecule has 0 aliphatic rings. The molecule has 2 aromatic rings. The lowest BCUT2D eigenvalue weighted by Crippen LogP contribution is -1.94. The molecular weight excluding hydrogens is 226 g/mol. The molecule has 17 heavy (non-hydrogen) atoms. The highest BCUT2D eigenvalue weighted by Gasteiger charge is 2.17. The second-order valence-electron chi connectivity index (χ2n) is 3.29. The summed E-state index contributed by atoms with van der Waals surface area (Å²) in [6.07, 6.45) is 0. The van der Waals surface area contributed by atoms with Gasteiger partial charge in [0.05, 0.1) is 12.0 Å². The summed E-state index contributed by atoms with van der Waals surface area (Å²) in [7, 11) is 1.37. The number of nitro groups is 1. The Labute approximate surface area is 96.2 Å². The minimum atomic E-state index is -0.512. The fourth-order valence-electron chi connectivity index (χ4n) is 1.38. The van der Waals surface area contributed by atoms with Crippen LogP contribution in [0.5, 0.6) is 5.75 Å². The fraction of sp³-hybridized carbons (Fsp3) is 0.200. The topological polar surface area (TPSA) is 91.3 Å². The Morgan fingerprint density at radius 2 is 2.24 bits per heavy atom. The molecule has 0 spiro atoms. The maximum Gasteiger partial charge on any atom is 0.310 e. The maximum absolute atomic E-state index is 10.7. The maximum atomic E-state index is 10.7. The van der Waals surface area contributed by atoms with E-state index in [0.717, 1.165) is 0 Å². The zero-order valence-corrected chi connectivity index (χ0v) is 9.21. The highest BCUT2D eigenvalue weighted by atomic mass is 16.6. The van der Waals surface area contributed by atoms with Gasteiger partial charge in [0, 0.05) is 17.7 Å². The van der Waals surface area contributed by atoms with Crippen molar-refractivity contribution in [2.75, 3.05) is 7.11 Å². The van der Waals surface area contributed by atoms with E-state index in [0.29, 0.717) is 17.3 Å². The van der Waals surface area contributed by atoms with E-state index in [2.05, 4.69) is 10.1 Å². The van der Waals surface area contributed by atoms with E-state index in [1.807, 2.05) is 0 Å². The molecule has 0 atom stereocenters. The average molecular weight is 235 g/mol. The number of aryl methyl sites for hydroxylation is 1. The summed E-state index contributed by atoms with van der Waals surface area (Å²) in [5, 5.41) is 14.4. The van der Waals surface area contributed by atoms with E-state index >= 15 is 0 Å². The third-order valence-electron chi connectivity index (χ3n) is 2.15. The second-order valence-corrected chi connectivity index (χ2v) is 3.29. The Balaban J connectivity index is 2.48. The van der Waals surface area contributed by atoms with Crippen LogP contribution in [-0.4, -0.2) is 22.2 Å². The zero-order chi connectivity index (χ0) is 12.4. The third-order valence-corrected chi connectivity index (χ3v) is 2.15. The summed E-state index contributed by atoms with van der Waals surface area (Å²) in [4.78, 5) is 14.2. The minimum absolute atomic E-state index is 0.104. The van der Waals surface area contributed by atoms with E-state index in [1.165, 1.54) is 25.3 Å². The highest BCUT2D eigenvalue weighted by molar-refractivity contribution is 5.61. The molecular formula is C10H9N3O4. The summed E-state index contributed by atoms with van der Waals surface area (Å²) < 4.78 is 9.91. The summed E-state index contributed by atoms with van der Waals surface area (Å²) >= 11 is 0. The van der Waals surface area contributed by atoms with Crippen molar-refractivity contribution < 1.29 is 14.2 Å². The molecule has 0 unspecified atom stereocenters. The van der Waals surface area contributed by atoms with Gasteiger partial charge in [-0.3, -0.25) is 10.1 Å². The van der Waals surface area contributed by atoms with Gasteiger partial charge < -0.3 is 9.26 Å². The van der Waals surface area contributed by atoms with Gasteiger partial charge in [0.1, 0.15) is 0 Å². The standard InChI is InChI=1S/C10H9N3O4/c1-6-11-10(17-12-6)7-3-4-8(13(14)15)9(5-7)16-2/h3-5H,1-2H3. The lowest BCUT2D eigenvalue weighted by Gasteiger charge is -2.02. The molecule has 0 N–H and O–H groups in total. The molecule has 0 bridgehead atoms. The molecule has 1 aromatic heterocycles. The predicted molar refractivity (Wildman–Crippen MR) is 57.7 cm³/mol. The smallest absolute Gasteiger partial charge is 0.310 e. The number of nitrogens with zero attached hydrogens (tertiary/aromatic N) is 3. The summed E-state index contributed by atoms with van der Waals surface area (Å²) in [5.74, 6) is 0.955. The van der Waals surface area contributed by atoms with Crippen LogP contribution in [0.4, 0.5) is 5.69 Å². The van der Waals surface area contributed by atoms with Gasteiger partial charge in [-0.05, 0) is 13.0 Å². The Morgan fingerprint density at radius 3 is 2.76 bits per heavy atom. The van der Waals surface area contributed by atoms with Crippen molar-refractivity contribution in [1.29, 1.82) is 0 Å². The van der Waals surface area contributed by atoms with Crippen LogP contribution < -0.4 is 4.74 Å². The molecule has 0 aliphatic carbocycles. The van der Waals surface area contributed by atoms with Gasteiger partial charge in [-0.2, -0.15) is 4.98 Å². The van der Waals surface area contributed by atoms with Crippen molar-refractivity contribution in [3.05, 3.63) is 34.1 Å². The normalized spacial score (nSPS) is 10.2. The number of benzene rings is 1. The van der Waals surface area contributed by atoms with Crippen LogP contribution in [-0.2, 0) is 0 Å². The number of rotatable bonds is 3. The first-order valence-electron chi connectivity index (χ1n) is 4.75. The Bertz CT molecular complexity index is 564. The lowest BCUT2D eigenvalue weighted by molar-refractivity contribution is -0.385. The second kappa shape index (κ2) is 4.20. The number of ether oxygens (including phenoxy) is 1. The Morgan fingerprint density at radius 1 is 1.47 bits per heavy atom. The van der Waals surface area contributed by atoms with Gasteiger partial charge in [-0.1, -0.05) is 5.16 Å². The van der Waals surface area contributed by atoms with E-state index < -0.39 is 4.92 Å². The number of hydrogen-bond donors (Lipinski definition) is 0. The molecule has 0 saturated carbocycles. The van der Waals surface area contributed by atoms with Crippen molar-refractivity contribution in [1.82, 2.24) is 10.1 Å². The molecule has 1 heterocycles. The first-order valence-corrected chi connectivity index (χ1v) is 4.75. The van der Waals surface area contributed by atoms with Gasteiger partial charge in [0.15, 0.2) is 11.6 Å². The summed E-state index contributed by atoms with van der Waals surface area (Å²) in [6, 6.07) is 4.37. The van der Waals surface area contributed by atoms with E-state index in [9.17, 15) is 10.1 Å². The van der Waals surface area contributed by atoms with Crippen molar-refractivity contribution in [2.45, 2.75) is 6.92 Å². The third kappa shape index (κ3) is 2.07. The summed E-state index contributed by atoms with van der Waals surface area (Å²) in [5.41, 5.74) is 0.473. The molecule has 7 heteroatoms. The quantitative estimate of drug-likeness (QED) is 0.596. The SMILES string of the molecule is COc1cc(-c2nc(C)no2)ccc1[N+](=O)[O-]. The monoisotopic (exact) mass is 235 g/mol. The number of nitro benzene ring substituents is 1. The van der Waals surface area contributed by atoms with Crippen LogP contribution in [0, 0.1) is 17.0 Å². The van der Waals surface area contributed by atoms with Gasteiger partial charge in [-0.15, -0.1) is 0 Å². The van der Waals surface area contributed by atoms with Crippen molar-refractivity contribution >= 4 is 5.69 Å². The molecule has 1 aromatic carbocycles. The fourth-order valence-corrected chi connectivity index (χ4v) is 1.38. The van der Waals surface area contributed by atoms with E-state index in [4.69, 9.17) is 9.26 Å².